The Hall–Kier alpha value is -1.40. The highest BCUT2D eigenvalue weighted by Gasteiger charge is 2.38. The van der Waals surface area contributed by atoms with Gasteiger partial charge in [0, 0.05) is 11.6 Å². The largest absolute Gasteiger partial charge is 0.353 e. The first-order chi connectivity index (χ1) is 10.8. The molecule has 0 aliphatic carbocycles. The van der Waals surface area contributed by atoms with E-state index in [1.807, 2.05) is 32.0 Å². The van der Waals surface area contributed by atoms with Gasteiger partial charge in [-0.25, -0.2) is 8.42 Å². The molecule has 23 heavy (non-hydrogen) atoms. The summed E-state index contributed by atoms with van der Waals surface area (Å²) in [6.45, 7) is 4.01. The lowest BCUT2D eigenvalue weighted by molar-refractivity contribution is -0.121. The Labute approximate surface area is 138 Å². The van der Waals surface area contributed by atoms with Crippen LogP contribution in [0.15, 0.2) is 30.3 Å². The highest BCUT2D eigenvalue weighted by molar-refractivity contribution is 7.91. The lowest BCUT2D eigenvalue weighted by atomic mass is 10.0. The first-order valence-electron chi connectivity index (χ1n) is 8.07. The molecule has 6 heteroatoms. The van der Waals surface area contributed by atoms with Gasteiger partial charge in [-0.1, -0.05) is 30.3 Å². The van der Waals surface area contributed by atoms with Crippen LogP contribution in [-0.2, 0) is 21.1 Å². The minimum Gasteiger partial charge on any atom is -0.353 e. The Morgan fingerprint density at radius 3 is 2.61 bits per heavy atom. The summed E-state index contributed by atoms with van der Waals surface area (Å²) in [6, 6.07) is 10.3. The van der Waals surface area contributed by atoms with Gasteiger partial charge in [0.15, 0.2) is 9.84 Å². The van der Waals surface area contributed by atoms with Gasteiger partial charge in [0.05, 0.1) is 18.1 Å². The summed E-state index contributed by atoms with van der Waals surface area (Å²) in [5.41, 5.74) is 0.777. The normalized spacial score (nSPS) is 24.3. The Balaban J connectivity index is 1.70. The van der Waals surface area contributed by atoms with Crippen LogP contribution in [0.25, 0.3) is 0 Å². The molecule has 128 valence electrons. The summed E-state index contributed by atoms with van der Waals surface area (Å²) in [7, 11) is -2.96. The molecule has 1 aliphatic heterocycles. The lowest BCUT2D eigenvalue weighted by Crippen LogP contribution is -2.49. The van der Waals surface area contributed by atoms with E-state index in [2.05, 4.69) is 22.8 Å². The summed E-state index contributed by atoms with van der Waals surface area (Å²) in [4.78, 5) is 12.0. The summed E-state index contributed by atoms with van der Waals surface area (Å²) in [5, 5.41) is 6.06. The summed E-state index contributed by atoms with van der Waals surface area (Å²) in [6.07, 6.45) is 2.36. The van der Waals surface area contributed by atoms with Crippen LogP contribution in [0.4, 0.5) is 0 Å². The average molecular weight is 338 g/mol. The van der Waals surface area contributed by atoms with Crippen LogP contribution in [0.2, 0.25) is 0 Å². The van der Waals surface area contributed by atoms with E-state index in [1.54, 1.807) is 0 Å². The zero-order valence-electron chi connectivity index (χ0n) is 13.8. The third-order valence-corrected chi connectivity index (χ3v) is 6.20. The Morgan fingerprint density at radius 1 is 1.30 bits per heavy atom. The zero-order valence-corrected chi connectivity index (χ0v) is 14.7. The molecule has 1 saturated heterocycles. The van der Waals surface area contributed by atoms with Gasteiger partial charge in [-0.15, -0.1) is 0 Å². The number of hydrogen-bond acceptors (Lipinski definition) is 4. The van der Waals surface area contributed by atoms with Crippen molar-refractivity contribution < 1.29 is 13.2 Å². The van der Waals surface area contributed by atoms with Crippen molar-refractivity contribution in [1.29, 1.82) is 0 Å². The van der Waals surface area contributed by atoms with Crippen LogP contribution < -0.4 is 10.6 Å². The number of sulfone groups is 1. The Kier molecular flexibility index (Phi) is 5.81. The number of hydrogen-bond donors (Lipinski definition) is 2. The quantitative estimate of drug-likeness (QED) is 0.786. The highest BCUT2D eigenvalue weighted by Crippen LogP contribution is 2.22. The van der Waals surface area contributed by atoms with Crippen LogP contribution in [0.1, 0.15) is 32.3 Å². The monoisotopic (exact) mass is 338 g/mol. The van der Waals surface area contributed by atoms with Crippen LogP contribution in [-0.4, -0.2) is 44.0 Å². The fraction of sp³-hybridized carbons (Fsp3) is 0.588. The number of benzene rings is 1. The lowest BCUT2D eigenvalue weighted by Gasteiger charge is -2.24. The number of carbonyl (C=O) groups excluding carboxylic acids is 1. The van der Waals surface area contributed by atoms with Crippen molar-refractivity contribution in [2.45, 2.75) is 44.7 Å². The summed E-state index contributed by atoms with van der Waals surface area (Å²) < 4.78 is 23.1. The Morgan fingerprint density at radius 2 is 2.00 bits per heavy atom. The van der Waals surface area contributed by atoms with Gasteiger partial charge >= 0.3 is 0 Å². The third kappa shape index (κ3) is 5.95. The molecule has 2 atom stereocenters. The second kappa shape index (κ2) is 7.45. The predicted molar refractivity (Wildman–Crippen MR) is 92.0 cm³/mol. The van der Waals surface area contributed by atoms with Gasteiger partial charge in [-0.2, -0.15) is 0 Å². The first kappa shape index (κ1) is 17.9. The van der Waals surface area contributed by atoms with Crippen LogP contribution in [0.3, 0.4) is 0 Å². The number of nitrogens with one attached hydrogen (secondary N) is 2. The summed E-state index contributed by atoms with van der Waals surface area (Å²) in [5.74, 6) is 0.221. The molecule has 2 N–H and O–H groups in total. The molecule has 1 aromatic rings. The van der Waals surface area contributed by atoms with E-state index in [1.165, 1.54) is 5.56 Å². The van der Waals surface area contributed by atoms with Crippen LogP contribution in [0, 0.1) is 0 Å². The van der Waals surface area contributed by atoms with Crippen molar-refractivity contribution in [1.82, 2.24) is 10.6 Å². The number of carbonyl (C=O) groups is 1. The van der Waals surface area contributed by atoms with Crippen molar-refractivity contribution in [3.05, 3.63) is 35.9 Å². The molecule has 0 radical (unpaired) electrons. The van der Waals surface area contributed by atoms with E-state index >= 15 is 0 Å². The standard InChI is InChI=1S/C17H26N2O3S/c1-14(8-9-15-6-4-3-5-7-15)19-16(20)12-18-17(2)10-11-23(21,22)13-17/h3-7,14,18H,8-13H2,1-2H3,(H,19,20). The number of rotatable bonds is 7. The maximum atomic E-state index is 12.0. The van der Waals surface area contributed by atoms with Crippen molar-refractivity contribution >= 4 is 15.7 Å². The SMILES string of the molecule is CC(CCc1ccccc1)NC(=O)CNC1(C)CCS(=O)(=O)C1. The molecule has 5 nitrogen and oxygen atoms in total. The van der Waals surface area contributed by atoms with Gasteiger partial charge < -0.3 is 10.6 Å². The first-order valence-corrected chi connectivity index (χ1v) is 9.89. The van der Waals surface area contributed by atoms with Crippen LogP contribution in [0.5, 0.6) is 0 Å². The molecule has 0 spiro atoms. The second-order valence-corrected chi connectivity index (χ2v) is 8.93. The molecule has 2 unspecified atom stereocenters. The number of amides is 1. The van der Waals surface area contributed by atoms with Gasteiger partial charge in [-0.05, 0) is 38.7 Å². The van der Waals surface area contributed by atoms with E-state index in [0.29, 0.717) is 6.42 Å². The van der Waals surface area contributed by atoms with Gasteiger partial charge in [-0.3, -0.25) is 4.79 Å². The molecule has 1 aliphatic rings. The summed E-state index contributed by atoms with van der Waals surface area (Å²) >= 11 is 0. The molecule has 0 saturated carbocycles. The van der Waals surface area contributed by atoms with E-state index in [9.17, 15) is 13.2 Å². The molecule has 1 aromatic carbocycles. The Bertz CT molecular complexity index is 630. The highest BCUT2D eigenvalue weighted by atomic mass is 32.2. The molecule has 2 rings (SSSR count). The van der Waals surface area contributed by atoms with E-state index in [4.69, 9.17) is 0 Å². The van der Waals surface area contributed by atoms with Gasteiger partial charge in [0.2, 0.25) is 5.91 Å². The van der Waals surface area contributed by atoms with Crippen molar-refractivity contribution in [2.24, 2.45) is 0 Å². The average Bonchev–Trinajstić information content (AvgIpc) is 2.78. The molecular weight excluding hydrogens is 312 g/mol. The van der Waals surface area contributed by atoms with Crippen molar-refractivity contribution in [2.75, 3.05) is 18.1 Å². The van der Waals surface area contributed by atoms with Crippen molar-refractivity contribution in [3.63, 3.8) is 0 Å². The maximum Gasteiger partial charge on any atom is 0.234 e. The molecule has 0 bridgehead atoms. The van der Waals surface area contributed by atoms with E-state index < -0.39 is 15.4 Å². The molecule has 1 fully saturated rings. The fourth-order valence-electron chi connectivity index (χ4n) is 2.87. The molecule has 1 amide bonds. The zero-order chi connectivity index (χ0) is 16.9. The minimum atomic E-state index is -2.96. The second-order valence-electron chi connectivity index (χ2n) is 6.75. The molecular formula is C17H26N2O3S. The smallest absolute Gasteiger partial charge is 0.234 e. The minimum absolute atomic E-state index is 0.0870. The topological polar surface area (TPSA) is 75.3 Å². The fourth-order valence-corrected chi connectivity index (χ4v) is 4.99. The van der Waals surface area contributed by atoms with Gasteiger partial charge in [0.1, 0.15) is 0 Å². The molecule has 0 aromatic heterocycles. The molecule has 1 heterocycles. The predicted octanol–water partition coefficient (Wildman–Crippen LogP) is 1.29. The third-order valence-electron chi connectivity index (χ3n) is 4.30. The van der Waals surface area contributed by atoms with E-state index in [0.717, 1.165) is 12.8 Å². The van der Waals surface area contributed by atoms with Crippen molar-refractivity contribution in [3.8, 4) is 0 Å². The number of aryl methyl sites for hydroxylation is 1. The van der Waals surface area contributed by atoms with Crippen LogP contribution >= 0.6 is 0 Å². The van der Waals surface area contributed by atoms with Gasteiger partial charge in [0.25, 0.3) is 0 Å². The van der Waals surface area contributed by atoms with E-state index in [-0.39, 0.29) is 30.0 Å². The maximum absolute atomic E-state index is 12.0.